The molecule has 21 heavy (non-hydrogen) atoms. The molecule has 2 rings (SSSR count). The van der Waals surface area contributed by atoms with Gasteiger partial charge < -0.3 is 15.4 Å². The standard InChI is InChI=1S/C13H17N3O4.ClH/c17-13(15-10-4-6-14-7-5-10)9-20-12-3-1-2-11(8-12)16(18)19;/h1-3,8,10,14H,4-7,9H2,(H,15,17);1H. The Kier molecular flexibility index (Phi) is 6.90. The van der Waals surface area contributed by atoms with Gasteiger partial charge in [0.05, 0.1) is 11.0 Å². The minimum Gasteiger partial charge on any atom is -0.484 e. The summed E-state index contributed by atoms with van der Waals surface area (Å²) in [7, 11) is 0. The first-order valence-electron chi connectivity index (χ1n) is 6.52. The first kappa shape index (κ1) is 17.2. The van der Waals surface area contributed by atoms with E-state index < -0.39 is 4.92 Å². The molecule has 0 bridgehead atoms. The zero-order chi connectivity index (χ0) is 14.4. The van der Waals surface area contributed by atoms with Crippen LogP contribution in [0.15, 0.2) is 24.3 Å². The van der Waals surface area contributed by atoms with Crippen molar-refractivity contribution < 1.29 is 14.5 Å². The molecule has 1 saturated heterocycles. The lowest BCUT2D eigenvalue weighted by atomic mass is 10.1. The molecular formula is C13H18ClN3O4. The zero-order valence-corrected chi connectivity index (χ0v) is 12.2. The molecular weight excluding hydrogens is 298 g/mol. The maximum Gasteiger partial charge on any atom is 0.273 e. The largest absolute Gasteiger partial charge is 0.484 e. The molecule has 2 N–H and O–H groups in total. The van der Waals surface area contributed by atoms with Crippen molar-refractivity contribution in [2.75, 3.05) is 19.7 Å². The van der Waals surface area contributed by atoms with Crippen LogP contribution in [-0.2, 0) is 4.79 Å². The number of carbonyl (C=O) groups excluding carboxylic acids is 1. The molecule has 0 spiro atoms. The smallest absolute Gasteiger partial charge is 0.273 e. The molecule has 1 aliphatic heterocycles. The molecule has 0 aliphatic carbocycles. The van der Waals surface area contributed by atoms with E-state index >= 15 is 0 Å². The second-order valence-corrected chi connectivity index (χ2v) is 4.63. The Labute approximate surface area is 128 Å². The van der Waals surface area contributed by atoms with E-state index in [1.807, 2.05) is 0 Å². The number of hydrogen-bond donors (Lipinski definition) is 2. The van der Waals surface area contributed by atoms with Crippen LogP contribution in [-0.4, -0.2) is 36.6 Å². The number of nitro benzene ring substituents is 1. The van der Waals surface area contributed by atoms with E-state index in [0.717, 1.165) is 25.9 Å². The minimum absolute atomic E-state index is 0. The molecule has 8 heteroatoms. The van der Waals surface area contributed by atoms with Gasteiger partial charge in [0, 0.05) is 12.1 Å². The SMILES string of the molecule is Cl.O=C(COc1cccc([N+](=O)[O-])c1)NC1CCNCC1. The van der Waals surface area contributed by atoms with Crippen LogP contribution in [0.1, 0.15) is 12.8 Å². The summed E-state index contributed by atoms with van der Waals surface area (Å²) in [5, 5.41) is 16.7. The van der Waals surface area contributed by atoms with Crippen molar-refractivity contribution in [2.45, 2.75) is 18.9 Å². The number of amides is 1. The van der Waals surface area contributed by atoms with E-state index in [9.17, 15) is 14.9 Å². The van der Waals surface area contributed by atoms with Gasteiger partial charge in [0.2, 0.25) is 0 Å². The van der Waals surface area contributed by atoms with Gasteiger partial charge >= 0.3 is 0 Å². The highest BCUT2D eigenvalue weighted by molar-refractivity contribution is 5.85. The lowest BCUT2D eigenvalue weighted by molar-refractivity contribution is -0.384. The Bertz CT molecular complexity index is 492. The van der Waals surface area contributed by atoms with E-state index in [-0.39, 0.29) is 36.7 Å². The fourth-order valence-corrected chi connectivity index (χ4v) is 2.07. The van der Waals surface area contributed by atoms with Gasteiger partial charge in [-0.1, -0.05) is 6.07 Å². The van der Waals surface area contributed by atoms with Gasteiger partial charge in [-0.3, -0.25) is 14.9 Å². The number of halogens is 1. The summed E-state index contributed by atoms with van der Waals surface area (Å²) >= 11 is 0. The molecule has 0 aromatic heterocycles. The van der Waals surface area contributed by atoms with E-state index in [1.165, 1.54) is 18.2 Å². The van der Waals surface area contributed by atoms with Gasteiger partial charge in [-0.15, -0.1) is 12.4 Å². The van der Waals surface area contributed by atoms with Crippen LogP contribution in [0.4, 0.5) is 5.69 Å². The first-order chi connectivity index (χ1) is 9.65. The highest BCUT2D eigenvalue weighted by Gasteiger charge is 2.15. The number of hydrogen-bond acceptors (Lipinski definition) is 5. The van der Waals surface area contributed by atoms with Crippen LogP contribution in [0.3, 0.4) is 0 Å². The number of benzene rings is 1. The summed E-state index contributed by atoms with van der Waals surface area (Å²) in [5.41, 5.74) is -0.0544. The third-order valence-electron chi connectivity index (χ3n) is 3.10. The number of ether oxygens (including phenoxy) is 1. The summed E-state index contributed by atoms with van der Waals surface area (Å²) in [6.45, 7) is 1.67. The third-order valence-corrected chi connectivity index (χ3v) is 3.10. The highest BCUT2D eigenvalue weighted by Crippen LogP contribution is 2.18. The highest BCUT2D eigenvalue weighted by atomic mass is 35.5. The van der Waals surface area contributed by atoms with Crippen LogP contribution in [0.25, 0.3) is 0 Å². The summed E-state index contributed by atoms with van der Waals surface area (Å²) in [6, 6.07) is 5.97. The van der Waals surface area contributed by atoms with Crippen LogP contribution in [0.2, 0.25) is 0 Å². The first-order valence-corrected chi connectivity index (χ1v) is 6.52. The zero-order valence-electron chi connectivity index (χ0n) is 11.4. The molecule has 0 unspecified atom stereocenters. The van der Waals surface area contributed by atoms with Gasteiger partial charge in [0.15, 0.2) is 6.61 Å². The van der Waals surface area contributed by atoms with Crippen molar-refractivity contribution in [3.8, 4) is 5.75 Å². The molecule has 0 atom stereocenters. The molecule has 1 amide bonds. The van der Waals surface area contributed by atoms with Crippen LogP contribution in [0, 0.1) is 10.1 Å². The number of nitro groups is 1. The summed E-state index contributed by atoms with van der Waals surface area (Å²) in [6.07, 6.45) is 1.81. The van der Waals surface area contributed by atoms with Crippen molar-refractivity contribution in [1.29, 1.82) is 0 Å². The Morgan fingerprint density at radius 3 is 2.81 bits per heavy atom. The average molecular weight is 316 g/mol. The second kappa shape index (κ2) is 8.43. The summed E-state index contributed by atoms with van der Waals surface area (Å²) in [5.74, 6) is 0.114. The van der Waals surface area contributed by atoms with E-state index in [2.05, 4.69) is 10.6 Å². The molecule has 1 aromatic rings. The van der Waals surface area contributed by atoms with Crippen LogP contribution < -0.4 is 15.4 Å². The van der Waals surface area contributed by atoms with E-state index in [0.29, 0.717) is 5.75 Å². The van der Waals surface area contributed by atoms with Crippen molar-refractivity contribution in [3.63, 3.8) is 0 Å². The Morgan fingerprint density at radius 1 is 1.43 bits per heavy atom. The molecule has 1 fully saturated rings. The monoisotopic (exact) mass is 315 g/mol. The predicted molar refractivity (Wildman–Crippen MR) is 79.9 cm³/mol. The quantitative estimate of drug-likeness (QED) is 0.630. The Hall–Kier alpha value is -1.86. The van der Waals surface area contributed by atoms with Gasteiger partial charge in [-0.25, -0.2) is 0 Å². The fraction of sp³-hybridized carbons (Fsp3) is 0.462. The average Bonchev–Trinajstić information content (AvgIpc) is 2.46. The fourth-order valence-electron chi connectivity index (χ4n) is 2.07. The maximum absolute atomic E-state index is 11.7. The molecule has 1 aromatic carbocycles. The predicted octanol–water partition coefficient (Wildman–Crippen LogP) is 1.26. The van der Waals surface area contributed by atoms with Gasteiger partial charge in [0.25, 0.3) is 11.6 Å². The van der Waals surface area contributed by atoms with E-state index in [1.54, 1.807) is 6.07 Å². The number of carbonyl (C=O) groups is 1. The molecule has 1 aliphatic rings. The number of piperidine rings is 1. The van der Waals surface area contributed by atoms with Gasteiger partial charge in [0.1, 0.15) is 5.75 Å². The second-order valence-electron chi connectivity index (χ2n) is 4.63. The minimum atomic E-state index is -0.498. The van der Waals surface area contributed by atoms with Crippen molar-refractivity contribution >= 4 is 24.0 Å². The molecule has 7 nitrogen and oxygen atoms in total. The van der Waals surface area contributed by atoms with Crippen LogP contribution in [0.5, 0.6) is 5.75 Å². The summed E-state index contributed by atoms with van der Waals surface area (Å²) < 4.78 is 5.27. The number of nitrogens with one attached hydrogen (secondary N) is 2. The maximum atomic E-state index is 11.7. The molecule has 1 heterocycles. The van der Waals surface area contributed by atoms with Crippen molar-refractivity contribution in [3.05, 3.63) is 34.4 Å². The molecule has 0 saturated carbocycles. The van der Waals surface area contributed by atoms with E-state index in [4.69, 9.17) is 4.74 Å². The van der Waals surface area contributed by atoms with Gasteiger partial charge in [-0.2, -0.15) is 0 Å². The van der Waals surface area contributed by atoms with Crippen LogP contribution >= 0.6 is 12.4 Å². The normalized spacial score (nSPS) is 14.9. The molecule has 0 radical (unpaired) electrons. The molecule has 116 valence electrons. The number of rotatable bonds is 5. The Morgan fingerprint density at radius 2 is 2.14 bits per heavy atom. The number of non-ortho nitro benzene ring substituents is 1. The third kappa shape index (κ3) is 5.57. The lowest BCUT2D eigenvalue weighted by Gasteiger charge is -2.23. The lowest BCUT2D eigenvalue weighted by Crippen LogP contribution is -2.44. The summed E-state index contributed by atoms with van der Waals surface area (Å²) in [4.78, 5) is 21.8. The number of nitrogens with zero attached hydrogens (tertiary/aromatic N) is 1. The van der Waals surface area contributed by atoms with Crippen molar-refractivity contribution in [2.24, 2.45) is 0 Å². The van der Waals surface area contributed by atoms with Gasteiger partial charge in [-0.05, 0) is 32.0 Å². The topological polar surface area (TPSA) is 93.5 Å². The Balaban J connectivity index is 0.00000220. The van der Waals surface area contributed by atoms with Crippen molar-refractivity contribution in [1.82, 2.24) is 10.6 Å².